The lowest BCUT2D eigenvalue weighted by Gasteiger charge is -2.34. The van der Waals surface area contributed by atoms with Gasteiger partial charge < -0.3 is 15.0 Å². The van der Waals surface area contributed by atoms with E-state index >= 15 is 0 Å². The highest BCUT2D eigenvalue weighted by atomic mass is 16.5. The zero-order chi connectivity index (χ0) is 19.5. The van der Waals surface area contributed by atoms with Crippen molar-refractivity contribution < 1.29 is 9.53 Å². The van der Waals surface area contributed by atoms with E-state index in [1.165, 1.54) is 0 Å². The van der Waals surface area contributed by atoms with Gasteiger partial charge >= 0.3 is 0 Å². The summed E-state index contributed by atoms with van der Waals surface area (Å²) < 4.78 is 7.46. The van der Waals surface area contributed by atoms with Crippen LogP contribution in [0.15, 0.2) is 42.6 Å². The third-order valence-electron chi connectivity index (χ3n) is 4.96. The van der Waals surface area contributed by atoms with Crippen molar-refractivity contribution >= 4 is 17.2 Å². The van der Waals surface area contributed by atoms with Gasteiger partial charge in [0.15, 0.2) is 11.6 Å². The molecule has 0 unspecified atom stereocenters. The minimum Gasteiger partial charge on any atom is -0.377 e. The van der Waals surface area contributed by atoms with Crippen LogP contribution in [0, 0.1) is 0 Å². The number of aromatic nitrogens is 3. The molecule has 7 heteroatoms. The highest BCUT2D eigenvalue weighted by Gasteiger charge is 2.23. The van der Waals surface area contributed by atoms with E-state index in [1.807, 2.05) is 54.0 Å². The van der Waals surface area contributed by atoms with Gasteiger partial charge in [0.2, 0.25) is 5.91 Å². The van der Waals surface area contributed by atoms with Crippen molar-refractivity contribution in [3.8, 4) is 11.4 Å². The van der Waals surface area contributed by atoms with Gasteiger partial charge in [-0.25, -0.2) is 9.50 Å². The third kappa shape index (κ3) is 3.71. The zero-order valence-electron chi connectivity index (χ0n) is 16.3. The smallest absolute Gasteiger partial charge is 0.224 e. The van der Waals surface area contributed by atoms with E-state index in [1.54, 1.807) is 0 Å². The molecule has 0 bridgehead atoms. The maximum atomic E-state index is 11.8. The fraction of sp³-hybridized carbons (Fsp3) is 0.381. The molecule has 1 amide bonds. The number of morpholine rings is 1. The average molecular weight is 379 g/mol. The number of nitrogens with zero attached hydrogens (tertiary/aromatic N) is 4. The number of benzene rings is 1. The third-order valence-corrected chi connectivity index (χ3v) is 4.96. The van der Waals surface area contributed by atoms with Crippen molar-refractivity contribution in [2.45, 2.75) is 26.3 Å². The number of amides is 1. The number of nitrogens with one attached hydrogen (secondary N) is 1. The summed E-state index contributed by atoms with van der Waals surface area (Å²) in [6, 6.07) is 12.2. The van der Waals surface area contributed by atoms with Crippen molar-refractivity contribution in [3.05, 3.63) is 48.2 Å². The summed E-state index contributed by atoms with van der Waals surface area (Å²) in [5.41, 5.74) is 2.89. The second kappa shape index (κ2) is 7.98. The second-order valence-corrected chi connectivity index (χ2v) is 7.04. The van der Waals surface area contributed by atoms with Crippen molar-refractivity contribution in [2.24, 2.45) is 0 Å². The summed E-state index contributed by atoms with van der Waals surface area (Å²) in [6.45, 7) is 6.92. The van der Waals surface area contributed by atoms with Crippen LogP contribution in [0.5, 0.6) is 0 Å². The average Bonchev–Trinajstić information content (AvgIpc) is 3.17. The first-order valence-electron chi connectivity index (χ1n) is 9.71. The van der Waals surface area contributed by atoms with E-state index in [2.05, 4.69) is 22.2 Å². The summed E-state index contributed by atoms with van der Waals surface area (Å²) in [6.07, 6.45) is 2.32. The molecule has 0 saturated carbocycles. The standard InChI is InChI=1S/C21H25N5O2/c1-3-22-19(27)13-16-6-8-17(9-7-16)20-23-21(18-5-4-10-26(18)24-20)25-11-12-28-14-15(25)2/h4-10,15H,3,11-14H2,1-2H3,(H,22,27)/t15-/m1/s1. The molecule has 4 rings (SSSR count). The predicted molar refractivity (Wildman–Crippen MR) is 108 cm³/mol. The molecule has 1 fully saturated rings. The largest absolute Gasteiger partial charge is 0.377 e. The number of carbonyl (C=O) groups excluding carboxylic acids is 1. The number of likely N-dealkylation sites (N-methyl/N-ethyl adjacent to an activating group) is 1. The molecule has 3 aromatic rings. The van der Waals surface area contributed by atoms with Gasteiger partial charge in [-0.15, -0.1) is 5.10 Å². The molecular weight excluding hydrogens is 354 g/mol. The van der Waals surface area contributed by atoms with Crippen LogP contribution < -0.4 is 10.2 Å². The first-order valence-corrected chi connectivity index (χ1v) is 9.71. The SMILES string of the molecule is CCNC(=O)Cc1ccc(-c2nc(N3CCOC[C@H]3C)c3cccn3n2)cc1. The van der Waals surface area contributed by atoms with E-state index in [-0.39, 0.29) is 11.9 Å². The van der Waals surface area contributed by atoms with Crippen molar-refractivity contribution in [1.29, 1.82) is 0 Å². The molecule has 1 atom stereocenters. The minimum atomic E-state index is 0.0313. The molecule has 1 aliphatic heterocycles. The Balaban J connectivity index is 1.66. The van der Waals surface area contributed by atoms with E-state index < -0.39 is 0 Å². The maximum Gasteiger partial charge on any atom is 0.224 e. The van der Waals surface area contributed by atoms with E-state index in [4.69, 9.17) is 9.72 Å². The van der Waals surface area contributed by atoms with E-state index in [0.717, 1.165) is 29.0 Å². The van der Waals surface area contributed by atoms with Crippen LogP contribution in [0.25, 0.3) is 16.9 Å². The van der Waals surface area contributed by atoms with Gasteiger partial charge in [0, 0.05) is 24.8 Å². The molecule has 0 spiro atoms. The lowest BCUT2D eigenvalue weighted by molar-refractivity contribution is -0.120. The van der Waals surface area contributed by atoms with Gasteiger partial charge in [-0.1, -0.05) is 24.3 Å². The highest BCUT2D eigenvalue weighted by Crippen LogP contribution is 2.26. The van der Waals surface area contributed by atoms with Crippen LogP contribution in [0.2, 0.25) is 0 Å². The van der Waals surface area contributed by atoms with Gasteiger partial charge in [-0.2, -0.15) is 0 Å². The molecule has 1 aromatic carbocycles. The molecule has 146 valence electrons. The molecule has 0 aliphatic carbocycles. The molecule has 1 N–H and O–H groups in total. The van der Waals surface area contributed by atoms with Gasteiger partial charge in [-0.05, 0) is 31.5 Å². The molecule has 0 radical (unpaired) electrons. The number of anilines is 1. The Bertz CT molecular complexity index is 967. The molecular formula is C21H25N5O2. The van der Waals surface area contributed by atoms with Gasteiger partial charge in [0.25, 0.3) is 0 Å². The number of fused-ring (bicyclic) bond motifs is 1. The fourth-order valence-corrected chi connectivity index (χ4v) is 3.51. The number of hydrogen-bond donors (Lipinski definition) is 1. The molecule has 2 aromatic heterocycles. The topological polar surface area (TPSA) is 71.8 Å². The molecule has 28 heavy (non-hydrogen) atoms. The first kappa shape index (κ1) is 18.4. The van der Waals surface area contributed by atoms with Crippen LogP contribution in [-0.4, -0.2) is 52.9 Å². The number of ether oxygens (including phenoxy) is 1. The van der Waals surface area contributed by atoms with Gasteiger partial charge in [0.1, 0.15) is 5.52 Å². The van der Waals surface area contributed by atoms with Gasteiger partial charge in [0.05, 0.1) is 25.7 Å². The van der Waals surface area contributed by atoms with Crippen LogP contribution in [0.4, 0.5) is 5.82 Å². The maximum absolute atomic E-state index is 11.8. The lowest BCUT2D eigenvalue weighted by atomic mass is 10.1. The van der Waals surface area contributed by atoms with Crippen molar-refractivity contribution in [3.63, 3.8) is 0 Å². The molecule has 1 aliphatic rings. The number of rotatable bonds is 5. The molecule has 3 heterocycles. The number of hydrogen-bond acceptors (Lipinski definition) is 5. The fourth-order valence-electron chi connectivity index (χ4n) is 3.51. The Labute approximate surface area is 164 Å². The summed E-state index contributed by atoms with van der Waals surface area (Å²) >= 11 is 0. The minimum absolute atomic E-state index is 0.0313. The monoisotopic (exact) mass is 379 g/mol. The molecule has 7 nitrogen and oxygen atoms in total. The summed E-state index contributed by atoms with van der Waals surface area (Å²) in [5.74, 6) is 1.63. The normalized spacial score (nSPS) is 17.1. The Hall–Kier alpha value is -2.93. The van der Waals surface area contributed by atoms with Crippen LogP contribution in [0.1, 0.15) is 19.4 Å². The number of carbonyl (C=O) groups is 1. The predicted octanol–water partition coefficient (Wildman–Crippen LogP) is 2.30. The summed E-state index contributed by atoms with van der Waals surface area (Å²) in [4.78, 5) is 19.0. The van der Waals surface area contributed by atoms with Crippen molar-refractivity contribution in [2.75, 3.05) is 31.2 Å². The van der Waals surface area contributed by atoms with Crippen LogP contribution in [0.3, 0.4) is 0 Å². The summed E-state index contributed by atoms with van der Waals surface area (Å²) in [7, 11) is 0. The Morgan fingerprint density at radius 2 is 2.11 bits per heavy atom. The quantitative estimate of drug-likeness (QED) is 0.737. The van der Waals surface area contributed by atoms with E-state index in [0.29, 0.717) is 32.0 Å². The van der Waals surface area contributed by atoms with Crippen LogP contribution in [-0.2, 0) is 16.0 Å². The lowest BCUT2D eigenvalue weighted by Crippen LogP contribution is -2.44. The first-order chi connectivity index (χ1) is 13.7. The van der Waals surface area contributed by atoms with E-state index in [9.17, 15) is 4.79 Å². The summed E-state index contributed by atoms with van der Waals surface area (Å²) in [5, 5.41) is 7.50. The van der Waals surface area contributed by atoms with Crippen molar-refractivity contribution in [1.82, 2.24) is 19.9 Å². The Morgan fingerprint density at radius 1 is 1.29 bits per heavy atom. The Morgan fingerprint density at radius 3 is 2.86 bits per heavy atom. The molecule has 1 saturated heterocycles. The second-order valence-electron chi connectivity index (χ2n) is 7.04. The highest BCUT2D eigenvalue weighted by molar-refractivity contribution is 5.78. The Kier molecular flexibility index (Phi) is 5.25. The van der Waals surface area contributed by atoms with Crippen LogP contribution >= 0.6 is 0 Å². The zero-order valence-corrected chi connectivity index (χ0v) is 16.3. The van der Waals surface area contributed by atoms with Gasteiger partial charge in [-0.3, -0.25) is 4.79 Å².